The molecule has 0 aliphatic carbocycles. The van der Waals surface area contributed by atoms with Gasteiger partial charge in [0, 0.05) is 34.4 Å². The topological polar surface area (TPSA) is 87.7 Å². The van der Waals surface area contributed by atoms with Crippen molar-refractivity contribution in [3.05, 3.63) is 58.6 Å². The molecule has 1 aliphatic heterocycles. The van der Waals surface area contributed by atoms with Gasteiger partial charge in [0.2, 0.25) is 11.8 Å². The van der Waals surface area contributed by atoms with Gasteiger partial charge in [-0.15, -0.1) is 11.8 Å². The smallest absolute Gasteiger partial charge is 0.251 e. The molecule has 1 atom stereocenters. The maximum absolute atomic E-state index is 12.7. The number of nitrogens with zero attached hydrogens (tertiary/aromatic N) is 1. The molecule has 158 valence electrons. The monoisotopic (exact) mass is 491 g/mol. The van der Waals surface area contributed by atoms with E-state index in [-0.39, 0.29) is 30.7 Å². The zero-order valence-electron chi connectivity index (χ0n) is 16.4. The molecule has 0 radical (unpaired) electrons. The zero-order valence-corrected chi connectivity index (χ0v) is 18.8. The van der Waals surface area contributed by atoms with E-state index in [2.05, 4.69) is 26.6 Å². The molecule has 7 nitrogen and oxygen atoms in total. The van der Waals surface area contributed by atoms with Crippen LogP contribution in [-0.4, -0.2) is 53.9 Å². The number of ether oxygens (including phenoxy) is 1. The Balaban J connectivity index is 1.50. The predicted molar refractivity (Wildman–Crippen MR) is 121 cm³/mol. The van der Waals surface area contributed by atoms with E-state index in [9.17, 15) is 14.4 Å². The number of nitrogens with one attached hydrogen (secondary N) is 2. The summed E-state index contributed by atoms with van der Waals surface area (Å²) in [6, 6.07) is 13.5. The van der Waals surface area contributed by atoms with Crippen LogP contribution in [0.2, 0.25) is 0 Å². The van der Waals surface area contributed by atoms with Gasteiger partial charge < -0.3 is 20.3 Å². The van der Waals surface area contributed by atoms with Crippen LogP contribution in [-0.2, 0) is 9.59 Å². The van der Waals surface area contributed by atoms with Crippen molar-refractivity contribution in [3.8, 4) is 5.75 Å². The average molecular weight is 492 g/mol. The van der Waals surface area contributed by atoms with Gasteiger partial charge in [0.15, 0.2) is 0 Å². The second kappa shape index (κ2) is 10.5. The van der Waals surface area contributed by atoms with Crippen molar-refractivity contribution in [1.29, 1.82) is 0 Å². The molecule has 0 aromatic heterocycles. The molecular formula is C21H22BrN3O4S. The Kier molecular flexibility index (Phi) is 7.75. The predicted octanol–water partition coefficient (Wildman–Crippen LogP) is 3.12. The van der Waals surface area contributed by atoms with Crippen molar-refractivity contribution in [2.24, 2.45) is 0 Å². The first-order valence-corrected chi connectivity index (χ1v) is 11.3. The van der Waals surface area contributed by atoms with Crippen molar-refractivity contribution >= 4 is 51.1 Å². The number of anilines is 1. The third-order valence-corrected chi connectivity index (χ3v) is 6.13. The molecule has 2 aromatic carbocycles. The normalized spacial score (nSPS) is 15.5. The number of methoxy groups -OCH3 is 1. The molecule has 2 aromatic rings. The largest absolute Gasteiger partial charge is 0.497 e. The lowest BCUT2D eigenvalue weighted by atomic mass is 10.2. The first kappa shape index (κ1) is 22.2. The number of amides is 3. The molecule has 1 fully saturated rings. The summed E-state index contributed by atoms with van der Waals surface area (Å²) in [6.07, 6.45) is 0.134. The van der Waals surface area contributed by atoms with Crippen molar-refractivity contribution in [3.63, 3.8) is 0 Å². The fourth-order valence-corrected chi connectivity index (χ4v) is 4.38. The Morgan fingerprint density at radius 1 is 1.13 bits per heavy atom. The van der Waals surface area contributed by atoms with E-state index in [0.29, 0.717) is 28.6 Å². The SMILES string of the molecule is COc1ccc(NC(=O)C2CSCN2C(=O)CCNC(=O)c2ccc(Br)cc2)cc1. The first-order chi connectivity index (χ1) is 14.5. The van der Waals surface area contributed by atoms with Gasteiger partial charge in [-0.2, -0.15) is 0 Å². The first-order valence-electron chi connectivity index (χ1n) is 9.34. The number of halogens is 1. The van der Waals surface area contributed by atoms with Crippen molar-refractivity contribution in [1.82, 2.24) is 10.2 Å². The molecule has 9 heteroatoms. The Morgan fingerprint density at radius 3 is 2.50 bits per heavy atom. The van der Waals surface area contributed by atoms with Crippen LogP contribution < -0.4 is 15.4 Å². The van der Waals surface area contributed by atoms with Gasteiger partial charge in [0.25, 0.3) is 5.91 Å². The summed E-state index contributed by atoms with van der Waals surface area (Å²) in [7, 11) is 1.58. The molecular weight excluding hydrogens is 470 g/mol. The minimum absolute atomic E-state index is 0.134. The van der Waals surface area contributed by atoms with Crippen LogP contribution in [0.4, 0.5) is 5.69 Å². The van der Waals surface area contributed by atoms with E-state index in [4.69, 9.17) is 4.74 Å². The molecule has 1 unspecified atom stereocenters. The highest BCUT2D eigenvalue weighted by Crippen LogP contribution is 2.23. The number of hydrogen-bond donors (Lipinski definition) is 2. The number of benzene rings is 2. The Morgan fingerprint density at radius 2 is 1.83 bits per heavy atom. The Bertz CT molecular complexity index is 905. The third kappa shape index (κ3) is 5.76. The lowest BCUT2D eigenvalue weighted by molar-refractivity contribution is -0.136. The van der Waals surface area contributed by atoms with Crippen LogP contribution in [0.5, 0.6) is 5.75 Å². The minimum Gasteiger partial charge on any atom is -0.497 e. The summed E-state index contributed by atoms with van der Waals surface area (Å²) in [4.78, 5) is 39.0. The molecule has 1 aliphatic rings. The van der Waals surface area contributed by atoms with Gasteiger partial charge in [-0.3, -0.25) is 14.4 Å². The third-order valence-electron chi connectivity index (χ3n) is 4.59. The molecule has 3 amide bonds. The molecule has 0 saturated carbocycles. The highest BCUT2D eigenvalue weighted by atomic mass is 79.9. The van der Waals surface area contributed by atoms with Crippen LogP contribution in [0.1, 0.15) is 16.8 Å². The fourth-order valence-electron chi connectivity index (χ4n) is 2.94. The van der Waals surface area contributed by atoms with Crippen LogP contribution in [0.25, 0.3) is 0 Å². The average Bonchev–Trinajstić information content (AvgIpc) is 3.25. The standard InChI is InChI=1S/C21H22BrN3O4S/c1-29-17-8-6-16(7-9-17)24-21(28)18-12-30-13-25(18)19(26)10-11-23-20(27)14-2-4-15(22)5-3-14/h2-9,18H,10-13H2,1H3,(H,23,27)(H,24,28). The number of rotatable bonds is 7. The van der Waals surface area contributed by atoms with E-state index < -0.39 is 6.04 Å². The molecule has 0 bridgehead atoms. The zero-order chi connectivity index (χ0) is 21.5. The summed E-state index contributed by atoms with van der Waals surface area (Å²) < 4.78 is 6.00. The van der Waals surface area contributed by atoms with Gasteiger partial charge in [0.05, 0.1) is 13.0 Å². The molecule has 30 heavy (non-hydrogen) atoms. The lowest BCUT2D eigenvalue weighted by Crippen LogP contribution is -2.45. The Labute approximate surface area is 187 Å². The van der Waals surface area contributed by atoms with Gasteiger partial charge in [-0.1, -0.05) is 15.9 Å². The van der Waals surface area contributed by atoms with E-state index in [0.717, 1.165) is 4.47 Å². The maximum Gasteiger partial charge on any atom is 0.251 e. The fraction of sp³-hybridized carbons (Fsp3) is 0.286. The van der Waals surface area contributed by atoms with Crippen molar-refractivity contribution < 1.29 is 19.1 Å². The summed E-state index contributed by atoms with van der Waals surface area (Å²) in [5.41, 5.74) is 1.17. The van der Waals surface area contributed by atoms with Crippen LogP contribution >= 0.6 is 27.7 Å². The quantitative estimate of drug-likeness (QED) is 0.621. The summed E-state index contributed by atoms with van der Waals surface area (Å²) in [6.45, 7) is 0.210. The molecule has 1 saturated heterocycles. The maximum atomic E-state index is 12.7. The van der Waals surface area contributed by atoms with E-state index in [1.165, 1.54) is 11.8 Å². The van der Waals surface area contributed by atoms with E-state index >= 15 is 0 Å². The van der Waals surface area contributed by atoms with Gasteiger partial charge in [0.1, 0.15) is 11.8 Å². The lowest BCUT2D eigenvalue weighted by Gasteiger charge is -2.23. The minimum atomic E-state index is -0.535. The number of thioether (sulfide) groups is 1. The van der Waals surface area contributed by atoms with Crippen LogP contribution in [0.3, 0.4) is 0 Å². The summed E-state index contributed by atoms with van der Waals surface area (Å²) in [5, 5.41) is 5.59. The summed E-state index contributed by atoms with van der Waals surface area (Å²) >= 11 is 4.86. The molecule has 3 rings (SSSR count). The van der Waals surface area contributed by atoms with Crippen LogP contribution in [0, 0.1) is 0 Å². The van der Waals surface area contributed by atoms with Crippen molar-refractivity contribution in [2.45, 2.75) is 12.5 Å². The highest BCUT2D eigenvalue weighted by molar-refractivity contribution is 9.10. The number of carbonyl (C=O) groups excluding carboxylic acids is 3. The van der Waals surface area contributed by atoms with Gasteiger partial charge in [-0.25, -0.2) is 0 Å². The molecule has 1 heterocycles. The highest BCUT2D eigenvalue weighted by Gasteiger charge is 2.34. The van der Waals surface area contributed by atoms with Gasteiger partial charge in [-0.05, 0) is 48.5 Å². The number of hydrogen-bond acceptors (Lipinski definition) is 5. The summed E-state index contributed by atoms with van der Waals surface area (Å²) in [5.74, 6) is 1.08. The van der Waals surface area contributed by atoms with E-state index in [1.807, 2.05) is 0 Å². The Hall–Kier alpha value is -2.52. The van der Waals surface area contributed by atoms with Crippen LogP contribution in [0.15, 0.2) is 53.0 Å². The second-order valence-electron chi connectivity index (χ2n) is 6.61. The van der Waals surface area contributed by atoms with Gasteiger partial charge >= 0.3 is 0 Å². The molecule has 2 N–H and O–H groups in total. The van der Waals surface area contributed by atoms with Crippen molar-refractivity contribution in [2.75, 3.05) is 30.6 Å². The molecule has 0 spiro atoms. The van der Waals surface area contributed by atoms with E-state index in [1.54, 1.807) is 60.5 Å². The number of carbonyl (C=O) groups is 3. The second-order valence-corrected chi connectivity index (χ2v) is 8.53.